The van der Waals surface area contributed by atoms with Crippen LogP contribution in [0, 0.1) is 5.82 Å². The monoisotopic (exact) mass is 499 g/mol. The van der Waals surface area contributed by atoms with Gasteiger partial charge in [0.1, 0.15) is 11.9 Å². The lowest BCUT2D eigenvalue weighted by molar-refractivity contribution is -0.111. The quantitative estimate of drug-likeness (QED) is 0.449. The van der Waals surface area contributed by atoms with Crippen molar-refractivity contribution in [2.75, 3.05) is 62.9 Å². The van der Waals surface area contributed by atoms with Crippen molar-refractivity contribution in [1.82, 2.24) is 20.2 Å². The van der Waals surface area contributed by atoms with Crippen molar-refractivity contribution in [3.8, 4) is 11.6 Å². The Kier molecular flexibility index (Phi) is 8.21. The summed E-state index contributed by atoms with van der Waals surface area (Å²) in [4.78, 5) is 25.0. The van der Waals surface area contributed by atoms with E-state index in [0.29, 0.717) is 29.7 Å². The molecule has 1 aromatic heterocycles. The normalized spacial score (nSPS) is 18.2. The van der Waals surface area contributed by atoms with Crippen LogP contribution in [0.4, 0.5) is 27.4 Å². The van der Waals surface area contributed by atoms with E-state index in [2.05, 4.69) is 56.4 Å². The molecule has 10 nitrogen and oxygen atoms in total. The summed E-state index contributed by atoms with van der Waals surface area (Å²) in [7, 11) is 5.76. The minimum atomic E-state index is -0.630. The fraction of sp³-hybridized carbons (Fsp3) is 0.480. The maximum absolute atomic E-state index is 14.3. The van der Waals surface area contributed by atoms with Gasteiger partial charge in [-0.2, -0.15) is 9.37 Å². The summed E-state index contributed by atoms with van der Waals surface area (Å²) in [6, 6.07) is 4.16. The fourth-order valence-corrected chi connectivity index (χ4v) is 4.51. The number of benzene rings is 1. The number of nitrogens with one attached hydrogen (secondary N) is 3. The highest BCUT2D eigenvalue weighted by Gasteiger charge is 2.25. The highest BCUT2D eigenvalue weighted by molar-refractivity contribution is 6.02. The number of hydrogen-bond donors (Lipinski definition) is 3. The van der Waals surface area contributed by atoms with Crippen LogP contribution in [0.2, 0.25) is 0 Å². The number of amides is 1. The summed E-state index contributed by atoms with van der Waals surface area (Å²) in [5.41, 5.74) is 1.97. The van der Waals surface area contributed by atoms with Crippen molar-refractivity contribution in [3.05, 3.63) is 36.8 Å². The summed E-state index contributed by atoms with van der Waals surface area (Å²) in [5, 5.41) is 9.17. The lowest BCUT2D eigenvalue weighted by Gasteiger charge is -2.37. The molecule has 2 aromatic rings. The molecule has 36 heavy (non-hydrogen) atoms. The average molecular weight is 500 g/mol. The second kappa shape index (κ2) is 11.5. The molecule has 0 bridgehead atoms. The van der Waals surface area contributed by atoms with E-state index in [1.54, 1.807) is 13.2 Å². The number of hydrogen-bond acceptors (Lipinski definition) is 9. The van der Waals surface area contributed by atoms with E-state index >= 15 is 0 Å². The number of rotatable bonds is 9. The van der Waals surface area contributed by atoms with Crippen LogP contribution in [0.5, 0.6) is 11.6 Å². The molecule has 11 heteroatoms. The number of piperidine rings is 1. The van der Waals surface area contributed by atoms with Gasteiger partial charge in [-0.1, -0.05) is 6.58 Å². The minimum Gasteiger partial charge on any atom is -0.494 e. The summed E-state index contributed by atoms with van der Waals surface area (Å²) in [6.45, 7) is 6.70. The molecule has 0 aliphatic carbocycles. The Hall–Kier alpha value is -3.44. The van der Waals surface area contributed by atoms with Crippen molar-refractivity contribution in [2.24, 2.45) is 0 Å². The number of ether oxygens (including phenoxy) is 2. The van der Waals surface area contributed by atoms with Gasteiger partial charge in [-0.3, -0.25) is 4.79 Å². The van der Waals surface area contributed by atoms with Crippen molar-refractivity contribution >= 4 is 28.9 Å². The van der Waals surface area contributed by atoms with Gasteiger partial charge in [0, 0.05) is 31.7 Å². The third-order valence-corrected chi connectivity index (χ3v) is 6.55. The minimum absolute atomic E-state index is 0.110. The Balaban J connectivity index is 1.61. The first kappa shape index (κ1) is 25.6. The van der Waals surface area contributed by atoms with Crippen LogP contribution in [-0.4, -0.2) is 80.3 Å². The molecule has 2 saturated heterocycles. The molecule has 2 aliphatic rings. The summed E-state index contributed by atoms with van der Waals surface area (Å²) < 4.78 is 25.7. The first-order valence-corrected chi connectivity index (χ1v) is 12.1. The Morgan fingerprint density at radius 1 is 1.28 bits per heavy atom. The van der Waals surface area contributed by atoms with Crippen LogP contribution in [0.1, 0.15) is 19.3 Å². The standard InChI is InChI=1S/C25H34FN7O3/c1-5-23(34)29-19-12-20(22(35-4)13-21(19)33-10-7-16(8-11-33)32(2)3)30-25-28-15-18(26)24(31-25)36-17-6-9-27-14-17/h5,12-13,15-17,27H,1,6-11,14H2,2-4H3,(H,29,34)(H,28,30,31)/t17-/m1/s1. The summed E-state index contributed by atoms with van der Waals surface area (Å²) in [6.07, 6.45) is 4.94. The topological polar surface area (TPSA) is 104 Å². The number of aromatic nitrogens is 2. The van der Waals surface area contributed by atoms with Crippen LogP contribution in [-0.2, 0) is 4.79 Å². The van der Waals surface area contributed by atoms with Crippen LogP contribution in [0.25, 0.3) is 0 Å². The van der Waals surface area contributed by atoms with Crippen molar-refractivity contribution in [3.63, 3.8) is 0 Å². The average Bonchev–Trinajstić information content (AvgIpc) is 3.39. The van der Waals surface area contributed by atoms with Gasteiger partial charge in [-0.15, -0.1) is 0 Å². The molecule has 194 valence electrons. The first-order chi connectivity index (χ1) is 17.4. The highest BCUT2D eigenvalue weighted by atomic mass is 19.1. The summed E-state index contributed by atoms with van der Waals surface area (Å²) >= 11 is 0. The fourth-order valence-electron chi connectivity index (χ4n) is 4.51. The predicted octanol–water partition coefficient (Wildman–Crippen LogP) is 2.76. The maximum Gasteiger partial charge on any atom is 0.255 e. The largest absolute Gasteiger partial charge is 0.494 e. The van der Waals surface area contributed by atoms with Gasteiger partial charge in [0.15, 0.2) is 0 Å². The highest BCUT2D eigenvalue weighted by Crippen LogP contribution is 2.39. The lowest BCUT2D eigenvalue weighted by atomic mass is 10.0. The molecule has 3 heterocycles. The van der Waals surface area contributed by atoms with Gasteiger partial charge in [0.25, 0.3) is 5.88 Å². The second-order valence-corrected chi connectivity index (χ2v) is 9.15. The zero-order valence-electron chi connectivity index (χ0n) is 21.0. The van der Waals surface area contributed by atoms with Gasteiger partial charge in [0.05, 0.1) is 30.4 Å². The molecule has 1 atom stereocenters. The SMILES string of the molecule is C=CC(=O)Nc1cc(Nc2ncc(F)c(O[C@@H]3CCNC3)n2)c(OC)cc1N1CCC(N(C)C)CC1. The third-order valence-electron chi connectivity index (χ3n) is 6.55. The third kappa shape index (κ3) is 6.03. The Labute approximate surface area is 210 Å². The number of anilines is 4. The number of methoxy groups -OCH3 is 1. The van der Waals surface area contributed by atoms with Gasteiger partial charge in [-0.25, -0.2) is 4.98 Å². The van der Waals surface area contributed by atoms with Gasteiger partial charge >= 0.3 is 0 Å². The van der Waals surface area contributed by atoms with E-state index in [-0.39, 0.29) is 23.8 Å². The van der Waals surface area contributed by atoms with Crippen LogP contribution in [0.15, 0.2) is 31.0 Å². The Morgan fingerprint density at radius 2 is 2.06 bits per heavy atom. The molecule has 1 amide bonds. The molecular formula is C25H34FN7O3. The predicted molar refractivity (Wildman–Crippen MR) is 138 cm³/mol. The van der Waals surface area contributed by atoms with E-state index in [1.165, 1.54) is 6.08 Å². The molecule has 0 radical (unpaired) electrons. The number of carbonyl (C=O) groups excluding carboxylic acids is 1. The molecule has 0 saturated carbocycles. The number of carbonyl (C=O) groups is 1. The molecule has 2 fully saturated rings. The zero-order chi connectivity index (χ0) is 25.7. The molecule has 1 aromatic carbocycles. The van der Waals surface area contributed by atoms with Crippen LogP contribution in [0.3, 0.4) is 0 Å². The zero-order valence-corrected chi connectivity index (χ0v) is 21.0. The first-order valence-electron chi connectivity index (χ1n) is 12.1. The Morgan fingerprint density at radius 3 is 2.69 bits per heavy atom. The number of nitrogens with zero attached hydrogens (tertiary/aromatic N) is 4. The Bertz CT molecular complexity index is 1080. The van der Waals surface area contributed by atoms with E-state index in [0.717, 1.165) is 50.8 Å². The van der Waals surface area contributed by atoms with Crippen molar-refractivity contribution in [1.29, 1.82) is 0 Å². The molecule has 0 unspecified atom stereocenters. The van der Waals surface area contributed by atoms with Gasteiger partial charge in [-0.05, 0) is 52.0 Å². The maximum atomic E-state index is 14.3. The second-order valence-electron chi connectivity index (χ2n) is 9.15. The van der Waals surface area contributed by atoms with E-state index in [4.69, 9.17) is 9.47 Å². The van der Waals surface area contributed by atoms with E-state index < -0.39 is 5.82 Å². The van der Waals surface area contributed by atoms with E-state index in [9.17, 15) is 9.18 Å². The summed E-state index contributed by atoms with van der Waals surface area (Å²) in [5.74, 6) is -0.382. The molecule has 4 rings (SSSR count). The number of halogens is 1. The molecule has 3 N–H and O–H groups in total. The van der Waals surface area contributed by atoms with Gasteiger partial charge in [0.2, 0.25) is 17.7 Å². The van der Waals surface area contributed by atoms with Crippen LogP contribution < -0.4 is 30.3 Å². The van der Waals surface area contributed by atoms with Crippen molar-refractivity contribution in [2.45, 2.75) is 31.4 Å². The molecular weight excluding hydrogens is 465 g/mol. The van der Waals surface area contributed by atoms with Crippen molar-refractivity contribution < 1.29 is 18.7 Å². The molecule has 2 aliphatic heterocycles. The van der Waals surface area contributed by atoms with E-state index in [1.807, 2.05) is 6.07 Å². The van der Waals surface area contributed by atoms with Crippen LogP contribution >= 0.6 is 0 Å². The lowest BCUT2D eigenvalue weighted by Crippen LogP contribution is -2.42. The molecule has 0 spiro atoms. The van der Waals surface area contributed by atoms with Gasteiger partial charge < -0.3 is 35.2 Å². The smallest absolute Gasteiger partial charge is 0.255 e.